The minimum atomic E-state index is -1.30. The maximum absolute atomic E-state index is 16.7. The number of aromatic amines is 2. The lowest BCUT2D eigenvalue weighted by molar-refractivity contribution is -0.136. The summed E-state index contributed by atoms with van der Waals surface area (Å²) in [5.74, 6) is -0.159. The molecule has 0 bridgehead atoms. The molecular formula is C47H55F2N9O7. The molecule has 5 atom stereocenters. The van der Waals surface area contributed by atoms with Crippen LogP contribution in [0.25, 0.3) is 44.7 Å². The standard InChI is InChI=1S/C47H55F2N9O7/c1-24(2)39(54-45(61)63-5)43(59)56-15-9-10-34(56)41-50-21-31(52-41)26-11-12-33-28(16-26)18-35-38-30(49)17-27(19-37(38)65-47(58(33)35)13-7-8-14-47)32-22-51-42(53-32)36-20-29(48)23-57(36)44(60)40(25(3)4)55-46(62)64-6/h11-12,16-19,21-22,24-25,29,34,36,39-40H,7-10,13-15,20,23H2,1-6H3,(H,50,52)(H,51,53)(H,54,61)(H,55,62)/t29-,34+,36+,39+,40+/m1/s1. The fraction of sp³-hybridized carbons (Fsp3) is 0.489. The summed E-state index contributed by atoms with van der Waals surface area (Å²) in [5, 5.41) is 6.17. The number of halogens is 2. The molecule has 5 aromatic rings. The van der Waals surface area contributed by atoms with Crippen molar-refractivity contribution in [2.45, 2.75) is 109 Å². The van der Waals surface area contributed by atoms with Crippen molar-refractivity contribution in [2.24, 2.45) is 11.8 Å². The Kier molecular flexibility index (Phi) is 11.6. The zero-order chi connectivity index (χ0) is 45.9. The van der Waals surface area contributed by atoms with Crippen LogP contribution < -0.4 is 15.4 Å². The number of aromatic nitrogens is 5. The molecule has 2 saturated heterocycles. The number of rotatable bonds is 10. The quantitative estimate of drug-likeness (QED) is 0.108. The van der Waals surface area contributed by atoms with Crippen molar-refractivity contribution in [1.29, 1.82) is 0 Å². The fourth-order valence-electron chi connectivity index (χ4n) is 10.2. The van der Waals surface area contributed by atoms with Crippen LogP contribution in [0.2, 0.25) is 0 Å². The van der Waals surface area contributed by atoms with Gasteiger partial charge >= 0.3 is 12.2 Å². The van der Waals surface area contributed by atoms with Crippen molar-refractivity contribution >= 4 is 34.9 Å². The van der Waals surface area contributed by atoms with Gasteiger partial charge in [-0.1, -0.05) is 33.8 Å². The number of carbonyl (C=O) groups excluding carboxylic acids is 4. The van der Waals surface area contributed by atoms with Crippen LogP contribution in [0.15, 0.2) is 48.8 Å². The van der Waals surface area contributed by atoms with Crippen LogP contribution in [0.3, 0.4) is 0 Å². The Bertz CT molecular complexity index is 2650. The predicted octanol–water partition coefficient (Wildman–Crippen LogP) is 7.88. The van der Waals surface area contributed by atoms with Crippen molar-refractivity contribution < 1.29 is 42.2 Å². The number of nitrogens with zero attached hydrogens (tertiary/aromatic N) is 5. The first-order chi connectivity index (χ1) is 31.2. The lowest BCUT2D eigenvalue weighted by atomic mass is 10.0. The molecule has 0 unspecified atom stereocenters. The first-order valence-corrected chi connectivity index (χ1v) is 22.4. The summed E-state index contributed by atoms with van der Waals surface area (Å²) in [6.07, 6.45) is 5.47. The van der Waals surface area contributed by atoms with E-state index < -0.39 is 53.9 Å². The van der Waals surface area contributed by atoms with Crippen LogP contribution in [0.1, 0.15) is 96.4 Å². The SMILES string of the molecule is COC(=O)N[C@H](C(=O)N1CCC[C@H]1c1ncc(-c2ccc3c(c2)cc2n3C3(CCCC3)Oc3cc(-c4cnc([C@@H]5C[C@@H](F)CN5C(=O)[C@@H](NC(=O)OC)C(C)C)[nH]4)cc(F)c3-2)[nH]1)C(C)C. The van der Waals surface area contributed by atoms with Gasteiger partial charge in [0.1, 0.15) is 41.5 Å². The summed E-state index contributed by atoms with van der Waals surface area (Å²) in [7, 11) is 2.49. The van der Waals surface area contributed by atoms with Gasteiger partial charge in [0.15, 0.2) is 5.72 Å². The average molecular weight is 896 g/mol. The molecule has 6 heterocycles. The molecule has 18 heteroatoms. The van der Waals surface area contributed by atoms with Gasteiger partial charge in [-0.2, -0.15) is 0 Å². The minimum absolute atomic E-state index is 0.0102. The average Bonchev–Trinajstić information content (AvgIpc) is 4.14. The largest absolute Gasteiger partial charge is 0.467 e. The number of nitrogens with one attached hydrogen (secondary N) is 4. The summed E-state index contributed by atoms with van der Waals surface area (Å²) in [6.45, 7) is 7.71. The van der Waals surface area contributed by atoms with E-state index in [1.54, 1.807) is 31.1 Å². The third-order valence-corrected chi connectivity index (χ3v) is 13.5. The first kappa shape index (κ1) is 43.8. The Morgan fingerprint density at radius 2 is 1.43 bits per heavy atom. The second-order valence-corrected chi connectivity index (χ2v) is 18.3. The summed E-state index contributed by atoms with van der Waals surface area (Å²) in [6, 6.07) is 8.65. The van der Waals surface area contributed by atoms with Gasteiger partial charge in [0, 0.05) is 42.3 Å². The lowest BCUT2D eigenvalue weighted by Crippen LogP contribution is -2.51. The molecule has 2 aromatic carbocycles. The number of H-pyrrole nitrogens is 2. The zero-order valence-electron chi connectivity index (χ0n) is 37.4. The molecule has 0 radical (unpaired) electrons. The highest BCUT2D eigenvalue weighted by Gasteiger charge is 2.46. The molecule has 1 saturated carbocycles. The van der Waals surface area contributed by atoms with Crippen LogP contribution in [-0.4, -0.2) is 104 Å². The van der Waals surface area contributed by atoms with E-state index in [0.29, 0.717) is 46.5 Å². The topological polar surface area (TPSA) is 189 Å². The number of fused-ring (bicyclic) bond motifs is 6. The number of benzene rings is 2. The lowest BCUT2D eigenvalue weighted by Gasteiger charge is -2.39. The van der Waals surface area contributed by atoms with E-state index in [2.05, 4.69) is 36.2 Å². The molecule has 3 aliphatic heterocycles. The number of ether oxygens (including phenoxy) is 3. The van der Waals surface area contributed by atoms with Crippen LogP contribution in [0, 0.1) is 17.7 Å². The minimum Gasteiger partial charge on any atom is -0.467 e. The van der Waals surface area contributed by atoms with Crippen molar-refractivity contribution in [3.8, 4) is 39.5 Å². The Morgan fingerprint density at radius 3 is 2.06 bits per heavy atom. The van der Waals surface area contributed by atoms with Gasteiger partial charge in [-0.3, -0.25) is 9.59 Å². The van der Waals surface area contributed by atoms with E-state index in [4.69, 9.17) is 19.2 Å². The normalized spacial score (nSPS) is 20.8. The maximum Gasteiger partial charge on any atom is 0.407 e. The third kappa shape index (κ3) is 7.83. The highest BCUT2D eigenvalue weighted by atomic mass is 19.1. The van der Waals surface area contributed by atoms with Crippen LogP contribution in [0.4, 0.5) is 18.4 Å². The number of alkyl carbamates (subject to hydrolysis) is 2. The molecule has 16 nitrogen and oxygen atoms in total. The number of hydrogen-bond donors (Lipinski definition) is 4. The van der Waals surface area contributed by atoms with Gasteiger partial charge in [0.25, 0.3) is 0 Å². The summed E-state index contributed by atoms with van der Waals surface area (Å²) in [4.78, 5) is 70.8. The van der Waals surface area contributed by atoms with Crippen molar-refractivity contribution in [1.82, 2.24) is 44.9 Å². The Morgan fingerprint density at radius 1 is 0.815 bits per heavy atom. The molecule has 4 amide bonds. The smallest absolute Gasteiger partial charge is 0.407 e. The molecular weight excluding hydrogens is 841 g/mol. The summed E-state index contributed by atoms with van der Waals surface area (Å²) < 4.78 is 50.3. The van der Waals surface area contributed by atoms with Crippen LogP contribution >= 0.6 is 0 Å². The molecule has 3 fully saturated rings. The number of carbonyl (C=O) groups is 4. The molecule has 4 aliphatic rings. The monoisotopic (exact) mass is 895 g/mol. The fourth-order valence-corrected chi connectivity index (χ4v) is 10.2. The highest BCUT2D eigenvalue weighted by Crippen LogP contribution is 2.52. The highest BCUT2D eigenvalue weighted by molar-refractivity contribution is 5.93. The van der Waals surface area contributed by atoms with E-state index in [-0.39, 0.29) is 36.8 Å². The molecule has 1 spiro atoms. The van der Waals surface area contributed by atoms with E-state index in [9.17, 15) is 19.2 Å². The summed E-state index contributed by atoms with van der Waals surface area (Å²) in [5.41, 5.74) is 3.81. The molecule has 4 N–H and O–H groups in total. The molecule has 344 valence electrons. The Hall–Kier alpha value is -6.46. The number of methoxy groups -OCH3 is 2. The van der Waals surface area contributed by atoms with Crippen LogP contribution in [-0.2, 0) is 24.8 Å². The summed E-state index contributed by atoms with van der Waals surface area (Å²) >= 11 is 0. The number of alkyl halides is 1. The van der Waals surface area contributed by atoms with E-state index in [0.717, 1.165) is 60.7 Å². The van der Waals surface area contributed by atoms with E-state index in [1.165, 1.54) is 25.2 Å². The van der Waals surface area contributed by atoms with Crippen molar-refractivity contribution in [3.05, 3.63) is 66.3 Å². The maximum atomic E-state index is 16.7. The second-order valence-electron chi connectivity index (χ2n) is 18.3. The Labute approximate surface area is 374 Å². The van der Waals surface area contributed by atoms with Gasteiger partial charge in [-0.15, -0.1) is 0 Å². The first-order valence-electron chi connectivity index (χ1n) is 22.4. The number of likely N-dealkylation sites (tertiary alicyclic amines) is 2. The second kappa shape index (κ2) is 17.2. The number of hydrogen-bond acceptors (Lipinski definition) is 9. The van der Waals surface area contributed by atoms with Crippen LogP contribution in [0.5, 0.6) is 5.75 Å². The molecule has 3 aromatic heterocycles. The van der Waals surface area contributed by atoms with Gasteiger partial charge in [0.05, 0.1) is 73.4 Å². The third-order valence-electron chi connectivity index (χ3n) is 13.5. The Balaban J connectivity index is 1.00. The van der Waals surface area contributed by atoms with E-state index in [1.807, 2.05) is 38.1 Å². The predicted molar refractivity (Wildman–Crippen MR) is 236 cm³/mol. The van der Waals surface area contributed by atoms with E-state index >= 15 is 8.78 Å². The zero-order valence-corrected chi connectivity index (χ0v) is 37.4. The van der Waals surface area contributed by atoms with Gasteiger partial charge in [-0.05, 0) is 67.9 Å². The molecule has 1 aliphatic carbocycles. The number of imidazole rings is 2. The molecule has 65 heavy (non-hydrogen) atoms. The van der Waals surface area contributed by atoms with Crippen molar-refractivity contribution in [2.75, 3.05) is 27.3 Å². The van der Waals surface area contributed by atoms with Gasteiger partial charge in [-0.25, -0.2) is 28.3 Å². The molecule has 9 rings (SSSR count). The number of amides is 4. The van der Waals surface area contributed by atoms with Crippen molar-refractivity contribution in [3.63, 3.8) is 0 Å². The van der Waals surface area contributed by atoms with Gasteiger partial charge < -0.3 is 49.2 Å². The van der Waals surface area contributed by atoms with Gasteiger partial charge in [0.2, 0.25) is 11.8 Å².